The third-order valence-corrected chi connectivity index (χ3v) is 5.01. The summed E-state index contributed by atoms with van der Waals surface area (Å²) in [6, 6.07) is 7.18. The molecule has 0 aliphatic carbocycles. The van der Waals surface area contributed by atoms with E-state index >= 15 is 0 Å². The van der Waals surface area contributed by atoms with Gasteiger partial charge in [-0.2, -0.15) is 0 Å². The molecule has 160 valence electrons. The average molecular weight is 514 g/mol. The van der Waals surface area contributed by atoms with Crippen molar-refractivity contribution in [1.82, 2.24) is 20.2 Å². The van der Waals surface area contributed by atoms with Gasteiger partial charge in [0, 0.05) is 50.8 Å². The lowest BCUT2D eigenvalue weighted by atomic mass is 10.0. The molecule has 1 aromatic carbocycles. The third kappa shape index (κ3) is 6.87. The zero-order valence-electron chi connectivity index (χ0n) is 17.4. The van der Waals surface area contributed by atoms with Crippen molar-refractivity contribution in [2.24, 2.45) is 10.9 Å². The van der Waals surface area contributed by atoms with Crippen LogP contribution in [0.4, 0.5) is 10.1 Å². The Morgan fingerprint density at radius 1 is 1.31 bits per heavy atom. The number of aliphatic imine (C=N–C) groups is 1. The molecule has 0 spiro atoms. The molecule has 2 aromatic rings. The first-order valence-corrected chi connectivity index (χ1v) is 10.0. The summed E-state index contributed by atoms with van der Waals surface area (Å²) in [7, 11) is 1.79. The van der Waals surface area contributed by atoms with E-state index in [1.807, 2.05) is 18.5 Å². The lowest BCUT2D eigenvalue weighted by molar-refractivity contribution is 0.459. The number of hydrogen-bond acceptors (Lipinski definition) is 3. The normalized spacial score (nSPS) is 15.3. The van der Waals surface area contributed by atoms with Gasteiger partial charge in [0.1, 0.15) is 11.6 Å². The molecule has 0 saturated carbocycles. The average Bonchev–Trinajstić information content (AvgIpc) is 3.12. The van der Waals surface area contributed by atoms with E-state index in [0.29, 0.717) is 18.5 Å². The van der Waals surface area contributed by atoms with Crippen molar-refractivity contribution < 1.29 is 4.39 Å². The molecular weight excluding hydrogens is 482 g/mol. The predicted octanol–water partition coefficient (Wildman–Crippen LogP) is 3.63. The Hall–Kier alpha value is -1.84. The van der Waals surface area contributed by atoms with Gasteiger partial charge in [-0.15, -0.1) is 24.0 Å². The molecule has 29 heavy (non-hydrogen) atoms. The van der Waals surface area contributed by atoms with Crippen LogP contribution in [0.5, 0.6) is 0 Å². The molecule has 8 heteroatoms. The topological polar surface area (TPSA) is 57.5 Å². The quantitative estimate of drug-likeness (QED) is 0.351. The van der Waals surface area contributed by atoms with Crippen molar-refractivity contribution in [3.05, 3.63) is 48.3 Å². The number of imidazole rings is 1. The minimum Gasteiger partial charge on any atom is -0.371 e. The molecule has 1 aliphatic rings. The van der Waals surface area contributed by atoms with Crippen LogP contribution < -0.4 is 15.5 Å². The number of benzene rings is 1. The highest BCUT2D eigenvalue weighted by atomic mass is 127. The van der Waals surface area contributed by atoms with Gasteiger partial charge in [-0.05, 0) is 37.0 Å². The molecule has 1 fully saturated rings. The molecule has 0 amide bonds. The van der Waals surface area contributed by atoms with Crippen molar-refractivity contribution in [3.8, 4) is 0 Å². The maximum absolute atomic E-state index is 13.4. The molecule has 0 atom stereocenters. The summed E-state index contributed by atoms with van der Waals surface area (Å²) in [4.78, 5) is 11.0. The summed E-state index contributed by atoms with van der Waals surface area (Å²) in [5.74, 6) is 2.20. The van der Waals surface area contributed by atoms with Gasteiger partial charge in [-0.3, -0.25) is 4.99 Å². The minimum atomic E-state index is -0.182. The zero-order chi connectivity index (χ0) is 19.9. The van der Waals surface area contributed by atoms with Crippen molar-refractivity contribution in [2.75, 3.05) is 25.0 Å². The highest BCUT2D eigenvalue weighted by molar-refractivity contribution is 14.0. The molecule has 2 N–H and O–H groups in total. The van der Waals surface area contributed by atoms with Gasteiger partial charge in [-0.1, -0.05) is 19.9 Å². The van der Waals surface area contributed by atoms with Crippen molar-refractivity contribution >= 4 is 35.6 Å². The fourth-order valence-corrected chi connectivity index (χ4v) is 3.57. The fourth-order valence-electron chi connectivity index (χ4n) is 3.57. The number of anilines is 1. The minimum absolute atomic E-state index is 0. The molecule has 0 unspecified atom stereocenters. The zero-order valence-corrected chi connectivity index (χ0v) is 19.8. The number of rotatable bonds is 6. The molecule has 6 nitrogen and oxygen atoms in total. The van der Waals surface area contributed by atoms with Gasteiger partial charge >= 0.3 is 0 Å². The van der Waals surface area contributed by atoms with E-state index in [0.717, 1.165) is 49.9 Å². The van der Waals surface area contributed by atoms with Crippen LogP contribution >= 0.6 is 24.0 Å². The molecule has 2 heterocycles. The highest BCUT2D eigenvalue weighted by Crippen LogP contribution is 2.20. The Bertz CT molecular complexity index is 783. The highest BCUT2D eigenvalue weighted by Gasteiger charge is 2.20. The Morgan fingerprint density at radius 2 is 2.07 bits per heavy atom. The second-order valence-corrected chi connectivity index (χ2v) is 7.70. The van der Waals surface area contributed by atoms with Crippen LogP contribution in [0.3, 0.4) is 0 Å². The van der Waals surface area contributed by atoms with E-state index in [1.165, 1.54) is 6.07 Å². The van der Waals surface area contributed by atoms with E-state index in [2.05, 4.69) is 43.9 Å². The second-order valence-electron chi connectivity index (χ2n) is 7.70. The van der Waals surface area contributed by atoms with Crippen molar-refractivity contribution in [3.63, 3.8) is 0 Å². The first kappa shape index (κ1) is 23.4. The Balaban J connectivity index is 0.00000300. The Kier molecular flexibility index (Phi) is 9.19. The molecule has 1 saturated heterocycles. The Labute approximate surface area is 190 Å². The molecular formula is C21H32FIN6. The standard InChI is InChI=1S/C21H31FN6.HI/c1-16(2)15-28-12-9-24-20(28)14-25-21(23-3)26-18-7-10-27(11-8-18)19-6-4-5-17(22)13-19;/h4-6,9,12-13,16,18H,7-8,10-11,14-15H2,1-3H3,(H2,23,25,26);1H. The monoisotopic (exact) mass is 514 g/mol. The van der Waals surface area contributed by atoms with Crippen LogP contribution in [0.2, 0.25) is 0 Å². The molecule has 1 aliphatic heterocycles. The first-order chi connectivity index (χ1) is 13.5. The van der Waals surface area contributed by atoms with E-state index in [9.17, 15) is 4.39 Å². The summed E-state index contributed by atoms with van der Waals surface area (Å²) >= 11 is 0. The third-order valence-electron chi connectivity index (χ3n) is 5.01. The largest absolute Gasteiger partial charge is 0.371 e. The fraction of sp³-hybridized carbons (Fsp3) is 0.524. The lowest BCUT2D eigenvalue weighted by Crippen LogP contribution is -2.48. The van der Waals surface area contributed by atoms with Crippen molar-refractivity contribution in [1.29, 1.82) is 0 Å². The molecule has 1 aromatic heterocycles. The van der Waals surface area contributed by atoms with Crippen LogP contribution in [-0.4, -0.2) is 41.7 Å². The maximum Gasteiger partial charge on any atom is 0.191 e. The van der Waals surface area contributed by atoms with Gasteiger partial charge in [-0.25, -0.2) is 9.37 Å². The second kappa shape index (κ2) is 11.4. The number of nitrogens with one attached hydrogen (secondary N) is 2. The number of guanidine groups is 1. The van der Waals surface area contributed by atoms with Crippen LogP contribution in [0, 0.1) is 11.7 Å². The summed E-state index contributed by atoms with van der Waals surface area (Å²) in [6.07, 6.45) is 5.84. The van der Waals surface area contributed by atoms with Crippen LogP contribution in [0.1, 0.15) is 32.5 Å². The number of aromatic nitrogens is 2. The van der Waals surface area contributed by atoms with Gasteiger partial charge < -0.3 is 20.1 Å². The molecule has 0 bridgehead atoms. The van der Waals surface area contributed by atoms with Gasteiger partial charge in [0.15, 0.2) is 5.96 Å². The van der Waals surface area contributed by atoms with Gasteiger partial charge in [0.2, 0.25) is 0 Å². The SMILES string of the molecule is CN=C(NCc1nccn1CC(C)C)NC1CCN(c2cccc(F)c2)CC1.I. The predicted molar refractivity (Wildman–Crippen MR) is 127 cm³/mol. The molecule has 3 rings (SSSR count). The number of piperidine rings is 1. The van der Waals surface area contributed by atoms with Crippen LogP contribution in [0.15, 0.2) is 41.7 Å². The number of halogens is 2. The van der Waals surface area contributed by atoms with E-state index in [4.69, 9.17) is 0 Å². The lowest BCUT2D eigenvalue weighted by Gasteiger charge is -2.34. The summed E-state index contributed by atoms with van der Waals surface area (Å²) < 4.78 is 15.6. The Morgan fingerprint density at radius 3 is 2.72 bits per heavy atom. The van der Waals surface area contributed by atoms with E-state index in [1.54, 1.807) is 19.2 Å². The van der Waals surface area contributed by atoms with Crippen molar-refractivity contribution in [2.45, 2.75) is 45.8 Å². The first-order valence-electron chi connectivity index (χ1n) is 10.0. The molecule has 0 radical (unpaired) electrons. The van der Waals surface area contributed by atoms with E-state index < -0.39 is 0 Å². The summed E-state index contributed by atoms with van der Waals surface area (Å²) in [5.41, 5.74) is 0.956. The van der Waals surface area contributed by atoms with Gasteiger partial charge in [0.25, 0.3) is 0 Å². The van der Waals surface area contributed by atoms with Gasteiger partial charge in [0.05, 0.1) is 6.54 Å². The summed E-state index contributed by atoms with van der Waals surface area (Å²) in [6.45, 7) is 7.80. The van der Waals surface area contributed by atoms with E-state index in [-0.39, 0.29) is 29.8 Å². The van der Waals surface area contributed by atoms with Crippen LogP contribution in [0.25, 0.3) is 0 Å². The number of hydrogen-bond donors (Lipinski definition) is 2. The summed E-state index contributed by atoms with van der Waals surface area (Å²) in [5, 5.41) is 6.89. The number of nitrogens with zero attached hydrogens (tertiary/aromatic N) is 4. The maximum atomic E-state index is 13.4. The van der Waals surface area contributed by atoms with Crippen LogP contribution in [-0.2, 0) is 13.1 Å². The smallest absolute Gasteiger partial charge is 0.191 e.